The summed E-state index contributed by atoms with van der Waals surface area (Å²) in [5.74, 6) is -0.0661. The molecule has 0 aliphatic carbocycles. The largest absolute Gasteiger partial charge is 0.269 e. The van der Waals surface area contributed by atoms with Crippen LogP contribution < -0.4 is 4.90 Å². The Balaban J connectivity index is 2.20. The van der Waals surface area contributed by atoms with Gasteiger partial charge in [-0.2, -0.15) is 0 Å². The SMILES string of the molecule is C=CC(=O)N1c2ccsc2Sc2ccsc21. The van der Waals surface area contributed by atoms with Crippen molar-refractivity contribution < 1.29 is 4.79 Å². The van der Waals surface area contributed by atoms with Crippen LogP contribution in [0.1, 0.15) is 0 Å². The molecule has 1 aliphatic heterocycles. The highest BCUT2D eigenvalue weighted by molar-refractivity contribution is 8.01. The zero-order valence-electron chi connectivity index (χ0n) is 8.17. The Morgan fingerprint density at radius 1 is 1.31 bits per heavy atom. The molecule has 0 saturated carbocycles. The second kappa shape index (κ2) is 3.76. The Labute approximate surface area is 105 Å². The van der Waals surface area contributed by atoms with Crippen LogP contribution in [0.4, 0.5) is 10.7 Å². The summed E-state index contributed by atoms with van der Waals surface area (Å²) in [5, 5.41) is 5.02. The zero-order valence-corrected chi connectivity index (χ0v) is 10.6. The molecule has 2 aromatic rings. The fraction of sp³-hybridized carbons (Fsp3) is 0. The molecule has 2 nitrogen and oxygen atoms in total. The lowest BCUT2D eigenvalue weighted by atomic mass is 10.4. The Kier molecular flexibility index (Phi) is 2.38. The molecule has 80 valence electrons. The van der Waals surface area contributed by atoms with E-state index in [0.29, 0.717) is 0 Å². The monoisotopic (exact) mass is 265 g/mol. The van der Waals surface area contributed by atoms with Gasteiger partial charge in [0.25, 0.3) is 5.91 Å². The van der Waals surface area contributed by atoms with Crippen molar-refractivity contribution in [3.05, 3.63) is 35.5 Å². The van der Waals surface area contributed by atoms with Crippen molar-refractivity contribution >= 4 is 51.0 Å². The first kappa shape index (κ1) is 10.1. The minimum Gasteiger partial charge on any atom is -0.269 e. The minimum absolute atomic E-state index is 0.0661. The number of amides is 1. The van der Waals surface area contributed by atoms with Crippen LogP contribution in [0.5, 0.6) is 0 Å². The quantitative estimate of drug-likeness (QED) is 0.723. The van der Waals surface area contributed by atoms with Crippen molar-refractivity contribution in [3.63, 3.8) is 0 Å². The molecule has 0 radical (unpaired) electrons. The number of rotatable bonds is 1. The molecule has 0 saturated heterocycles. The second-order valence-electron chi connectivity index (χ2n) is 3.16. The lowest BCUT2D eigenvalue weighted by Gasteiger charge is -2.25. The summed E-state index contributed by atoms with van der Waals surface area (Å²) in [6, 6.07) is 4.04. The molecule has 1 aliphatic rings. The van der Waals surface area contributed by atoms with Crippen LogP contribution in [0.15, 0.2) is 44.7 Å². The smallest absolute Gasteiger partial charge is 0.255 e. The predicted molar refractivity (Wildman–Crippen MR) is 70.1 cm³/mol. The molecule has 0 unspecified atom stereocenters. The van der Waals surface area contributed by atoms with Crippen LogP contribution in [0, 0.1) is 0 Å². The molecule has 3 rings (SSSR count). The first-order valence-electron chi connectivity index (χ1n) is 4.60. The predicted octanol–water partition coefficient (Wildman–Crippen LogP) is 4.12. The summed E-state index contributed by atoms with van der Waals surface area (Å²) in [6.45, 7) is 3.56. The van der Waals surface area contributed by atoms with Gasteiger partial charge < -0.3 is 0 Å². The van der Waals surface area contributed by atoms with Crippen LogP contribution in [0.3, 0.4) is 0 Å². The minimum atomic E-state index is -0.0661. The average Bonchev–Trinajstić information content (AvgIpc) is 2.91. The van der Waals surface area contributed by atoms with E-state index in [4.69, 9.17) is 0 Å². The fourth-order valence-corrected chi connectivity index (χ4v) is 4.75. The summed E-state index contributed by atoms with van der Waals surface area (Å²) >= 11 is 4.98. The van der Waals surface area contributed by atoms with Crippen molar-refractivity contribution in [2.75, 3.05) is 4.90 Å². The number of hydrogen-bond acceptors (Lipinski definition) is 4. The first-order valence-corrected chi connectivity index (χ1v) is 7.18. The highest BCUT2D eigenvalue weighted by Crippen LogP contribution is 2.52. The molecule has 2 aromatic heterocycles. The van der Waals surface area contributed by atoms with E-state index < -0.39 is 0 Å². The maximum absolute atomic E-state index is 11.9. The normalized spacial score (nSPS) is 13.1. The van der Waals surface area contributed by atoms with Gasteiger partial charge in [0, 0.05) is 4.90 Å². The zero-order chi connectivity index (χ0) is 11.1. The Morgan fingerprint density at radius 3 is 2.94 bits per heavy atom. The fourth-order valence-electron chi connectivity index (χ4n) is 1.58. The number of thiophene rings is 2. The van der Waals surface area contributed by atoms with E-state index >= 15 is 0 Å². The number of fused-ring (bicyclic) bond motifs is 2. The van der Waals surface area contributed by atoms with Crippen molar-refractivity contribution in [3.8, 4) is 0 Å². The van der Waals surface area contributed by atoms with E-state index in [2.05, 4.69) is 12.6 Å². The molecule has 3 heterocycles. The van der Waals surface area contributed by atoms with Gasteiger partial charge in [0.05, 0.1) is 9.90 Å². The number of nitrogens with zero attached hydrogens (tertiary/aromatic N) is 1. The van der Waals surface area contributed by atoms with Gasteiger partial charge in [0.1, 0.15) is 5.00 Å². The van der Waals surface area contributed by atoms with Gasteiger partial charge in [-0.05, 0) is 29.0 Å². The van der Waals surface area contributed by atoms with Crippen LogP contribution in [0.25, 0.3) is 0 Å². The molecular weight excluding hydrogens is 258 g/mol. The molecule has 5 heteroatoms. The van der Waals surface area contributed by atoms with E-state index in [1.54, 1.807) is 39.3 Å². The van der Waals surface area contributed by atoms with Gasteiger partial charge in [-0.15, -0.1) is 22.7 Å². The molecule has 0 bridgehead atoms. The summed E-state index contributed by atoms with van der Waals surface area (Å²) in [6.07, 6.45) is 1.36. The van der Waals surface area contributed by atoms with E-state index in [1.807, 2.05) is 16.8 Å². The lowest BCUT2D eigenvalue weighted by Crippen LogP contribution is -2.24. The summed E-state index contributed by atoms with van der Waals surface area (Å²) in [7, 11) is 0. The number of carbonyl (C=O) groups excluding carboxylic acids is 1. The molecule has 0 atom stereocenters. The molecular formula is C11H7NOS3. The van der Waals surface area contributed by atoms with E-state index in [9.17, 15) is 4.79 Å². The number of carbonyl (C=O) groups is 1. The lowest BCUT2D eigenvalue weighted by molar-refractivity contribution is -0.113. The highest BCUT2D eigenvalue weighted by atomic mass is 32.2. The third-order valence-electron chi connectivity index (χ3n) is 2.26. The van der Waals surface area contributed by atoms with Crippen LogP contribution in [-0.4, -0.2) is 5.91 Å². The third kappa shape index (κ3) is 1.36. The molecule has 0 N–H and O–H groups in total. The molecule has 1 amide bonds. The third-order valence-corrected chi connectivity index (χ3v) is 5.47. The first-order chi connectivity index (χ1) is 7.81. The maximum atomic E-state index is 11.9. The van der Waals surface area contributed by atoms with Crippen LogP contribution in [-0.2, 0) is 4.79 Å². The summed E-state index contributed by atoms with van der Waals surface area (Å²) in [4.78, 5) is 14.8. The summed E-state index contributed by atoms with van der Waals surface area (Å²) < 4.78 is 1.17. The highest BCUT2D eigenvalue weighted by Gasteiger charge is 2.28. The van der Waals surface area contributed by atoms with Crippen molar-refractivity contribution in [2.24, 2.45) is 0 Å². The van der Waals surface area contributed by atoms with E-state index in [-0.39, 0.29) is 5.91 Å². The van der Waals surface area contributed by atoms with E-state index in [0.717, 1.165) is 15.6 Å². The molecule has 0 aromatic carbocycles. The Morgan fingerprint density at radius 2 is 2.12 bits per heavy atom. The van der Waals surface area contributed by atoms with Crippen molar-refractivity contribution in [2.45, 2.75) is 9.10 Å². The van der Waals surface area contributed by atoms with Gasteiger partial charge in [-0.1, -0.05) is 18.3 Å². The van der Waals surface area contributed by atoms with Gasteiger partial charge in [0.2, 0.25) is 0 Å². The number of anilines is 2. The van der Waals surface area contributed by atoms with Crippen LogP contribution >= 0.6 is 34.4 Å². The summed E-state index contributed by atoms with van der Waals surface area (Å²) in [5.41, 5.74) is 0.981. The molecule has 0 fully saturated rings. The van der Waals surface area contributed by atoms with Gasteiger partial charge in [0.15, 0.2) is 0 Å². The van der Waals surface area contributed by atoms with Crippen LogP contribution in [0.2, 0.25) is 0 Å². The molecule has 0 spiro atoms. The van der Waals surface area contributed by atoms with E-state index in [1.165, 1.54) is 10.3 Å². The maximum Gasteiger partial charge on any atom is 0.255 e. The van der Waals surface area contributed by atoms with Gasteiger partial charge >= 0.3 is 0 Å². The molecule has 16 heavy (non-hydrogen) atoms. The topological polar surface area (TPSA) is 20.3 Å². The van der Waals surface area contributed by atoms with Crippen molar-refractivity contribution in [1.82, 2.24) is 0 Å². The average molecular weight is 265 g/mol. The van der Waals surface area contributed by atoms with Gasteiger partial charge in [-0.25, -0.2) is 0 Å². The second-order valence-corrected chi connectivity index (χ2v) is 6.28. The Hall–Kier alpha value is -1.04. The van der Waals surface area contributed by atoms with Crippen molar-refractivity contribution in [1.29, 1.82) is 0 Å². The Bertz CT molecular complexity index is 529. The number of hydrogen-bond donors (Lipinski definition) is 0. The standard InChI is InChI=1S/C11H7NOS3/c1-2-9(13)12-7-3-5-15-11(7)16-8-4-6-14-10(8)12/h2-6H,1H2. The van der Waals surface area contributed by atoms with Gasteiger partial charge in [-0.3, -0.25) is 9.69 Å².